The average Bonchev–Trinajstić information content (AvgIpc) is 3.07. The number of amides is 1. The molecule has 0 bridgehead atoms. The highest BCUT2D eigenvalue weighted by atomic mass is 32.2. The molecule has 0 aliphatic heterocycles. The van der Waals surface area contributed by atoms with E-state index in [4.69, 9.17) is 0 Å². The van der Waals surface area contributed by atoms with E-state index in [1.807, 2.05) is 6.08 Å². The third-order valence-corrected chi connectivity index (χ3v) is 5.78. The zero-order valence-electron chi connectivity index (χ0n) is 15.6. The standard InChI is InChI=1S/C20H25FN4OS/c1-3-11-25-19(15-7-5-4-6-8-15)23-24-20(25)27-13-18(26)22-16-10-9-14(2)17(21)12-16/h3,9-10,12,15H,1,4-8,11,13H2,2H3,(H,22,26). The molecule has 3 rings (SSSR count). The first-order valence-electron chi connectivity index (χ1n) is 9.31. The van der Waals surface area contributed by atoms with Gasteiger partial charge < -0.3 is 9.88 Å². The molecular formula is C20H25FN4OS. The van der Waals surface area contributed by atoms with Crippen LogP contribution in [-0.4, -0.2) is 26.4 Å². The van der Waals surface area contributed by atoms with Gasteiger partial charge in [0.05, 0.1) is 5.75 Å². The molecule has 2 aromatic rings. The van der Waals surface area contributed by atoms with Crippen LogP contribution in [0.5, 0.6) is 0 Å². The largest absolute Gasteiger partial charge is 0.325 e. The minimum absolute atomic E-state index is 0.190. The van der Waals surface area contributed by atoms with Crippen LogP contribution in [-0.2, 0) is 11.3 Å². The summed E-state index contributed by atoms with van der Waals surface area (Å²) in [5.41, 5.74) is 1.01. The van der Waals surface area contributed by atoms with Crippen LogP contribution in [0, 0.1) is 12.7 Å². The number of rotatable bonds is 7. The summed E-state index contributed by atoms with van der Waals surface area (Å²) in [6.45, 7) is 6.15. The van der Waals surface area contributed by atoms with Gasteiger partial charge in [0.1, 0.15) is 11.6 Å². The van der Waals surface area contributed by atoms with Crippen LogP contribution >= 0.6 is 11.8 Å². The van der Waals surface area contributed by atoms with Gasteiger partial charge in [-0.25, -0.2) is 4.39 Å². The molecule has 1 amide bonds. The lowest BCUT2D eigenvalue weighted by Crippen LogP contribution is -2.15. The van der Waals surface area contributed by atoms with Crippen molar-refractivity contribution in [3.05, 3.63) is 48.1 Å². The maximum atomic E-state index is 13.6. The van der Waals surface area contributed by atoms with E-state index in [0.717, 1.165) is 23.8 Å². The van der Waals surface area contributed by atoms with Gasteiger partial charge in [-0.2, -0.15) is 0 Å². The lowest BCUT2D eigenvalue weighted by atomic mass is 9.89. The lowest BCUT2D eigenvalue weighted by molar-refractivity contribution is -0.113. The molecule has 1 fully saturated rings. The van der Waals surface area contributed by atoms with Crippen molar-refractivity contribution in [3.63, 3.8) is 0 Å². The fourth-order valence-corrected chi connectivity index (χ4v) is 4.12. The van der Waals surface area contributed by atoms with Gasteiger partial charge >= 0.3 is 0 Å². The van der Waals surface area contributed by atoms with E-state index in [-0.39, 0.29) is 17.5 Å². The minimum atomic E-state index is -0.330. The molecule has 5 nitrogen and oxygen atoms in total. The first kappa shape index (κ1) is 19.6. The number of anilines is 1. The summed E-state index contributed by atoms with van der Waals surface area (Å²) in [5.74, 6) is 1.09. The summed E-state index contributed by atoms with van der Waals surface area (Å²) in [4.78, 5) is 12.2. The molecule has 1 aliphatic carbocycles. The molecule has 0 spiro atoms. The topological polar surface area (TPSA) is 59.8 Å². The number of nitrogens with one attached hydrogen (secondary N) is 1. The molecule has 1 aromatic heterocycles. The second kappa shape index (κ2) is 9.17. The number of halogens is 1. The van der Waals surface area contributed by atoms with Gasteiger partial charge in [0, 0.05) is 18.2 Å². The second-order valence-electron chi connectivity index (χ2n) is 6.88. The van der Waals surface area contributed by atoms with Crippen LogP contribution in [0.4, 0.5) is 10.1 Å². The Morgan fingerprint density at radius 3 is 2.85 bits per heavy atom. The highest BCUT2D eigenvalue weighted by molar-refractivity contribution is 7.99. The summed E-state index contributed by atoms with van der Waals surface area (Å²) < 4.78 is 15.7. The molecule has 0 saturated heterocycles. The molecule has 0 radical (unpaired) electrons. The van der Waals surface area contributed by atoms with Crippen molar-refractivity contribution in [3.8, 4) is 0 Å². The van der Waals surface area contributed by atoms with E-state index < -0.39 is 0 Å². The van der Waals surface area contributed by atoms with E-state index in [0.29, 0.717) is 23.7 Å². The minimum Gasteiger partial charge on any atom is -0.325 e. The summed E-state index contributed by atoms with van der Waals surface area (Å²) in [5, 5.41) is 12.2. The number of allylic oxidation sites excluding steroid dienone is 1. The highest BCUT2D eigenvalue weighted by Crippen LogP contribution is 2.33. The van der Waals surface area contributed by atoms with Crippen molar-refractivity contribution in [2.75, 3.05) is 11.1 Å². The third-order valence-electron chi connectivity index (χ3n) is 4.82. The van der Waals surface area contributed by atoms with Crippen molar-refractivity contribution in [2.45, 2.75) is 56.6 Å². The van der Waals surface area contributed by atoms with Gasteiger partial charge in [-0.15, -0.1) is 16.8 Å². The Morgan fingerprint density at radius 2 is 2.15 bits per heavy atom. The monoisotopic (exact) mass is 388 g/mol. The van der Waals surface area contributed by atoms with Crippen LogP contribution < -0.4 is 5.32 Å². The van der Waals surface area contributed by atoms with Crippen LogP contribution in [0.15, 0.2) is 36.0 Å². The van der Waals surface area contributed by atoms with Gasteiger partial charge in [-0.1, -0.05) is 43.2 Å². The van der Waals surface area contributed by atoms with Crippen LogP contribution in [0.25, 0.3) is 0 Å². The van der Waals surface area contributed by atoms with E-state index >= 15 is 0 Å². The summed E-state index contributed by atoms with van der Waals surface area (Å²) in [6.07, 6.45) is 7.84. The van der Waals surface area contributed by atoms with Crippen molar-refractivity contribution >= 4 is 23.4 Å². The van der Waals surface area contributed by atoms with E-state index in [9.17, 15) is 9.18 Å². The summed E-state index contributed by atoms with van der Waals surface area (Å²) in [7, 11) is 0. The number of aryl methyl sites for hydroxylation is 1. The Kier molecular flexibility index (Phi) is 6.66. The number of nitrogens with zero attached hydrogens (tertiary/aromatic N) is 3. The molecule has 1 saturated carbocycles. The first-order valence-corrected chi connectivity index (χ1v) is 10.3. The predicted molar refractivity (Wildman–Crippen MR) is 107 cm³/mol. The van der Waals surface area contributed by atoms with Crippen LogP contribution in [0.2, 0.25) is 0 Å². The van der Waals surface area contributed by atoms with Gasteiger partial charge in [-0.05, 0) is 37.5 Å². The number of hydrogen-bond donors (Lipinski definition) is 1. The van der Waals surface area contributed by atoms with Gasteiger partial charge in [0.25, 0.3) is 0 Å². The molecule has 1 aliphatic rings. The molecule has 144 valence electrons. The second-order valence-corrected chi connectivity index (χ2v) is 7.82. The highest BCUT2D eigenvalue weighted by Gasteiger charge is 2.23. The lowest BCUT2D eigenvalue weighted by Gasteiger charge is -2.21. The number of thioether (sulfide) groups is 1. The number of carbonyl (C=O) groups excluding carboxylic acids is 1. The molecule has 1 N–H and O–H groups in total. The van der Waals surface area contributed by atoms with Crippen molar-refractivity contribution in [1.29, 1.82) is 0 Å². The Bertz CT molecular complexity index is 814. The maximum Gasteiger partial charge on any atom is 0.234 e. The van der Waals surface area contributed by atoms with Crippen molar-refractivity contribution in [1.82, 2.24) is 14.8 Å². The zero-order valence-corrected chi connectivity index (χ0v) is 16.4. The summed E-state index contributed by atoms with van der Waals surface area (Å²) in [6, 6.07) is 4.68. The molecule has 27 heavy (non-hydrogen) atoms. The maximum absolute atomic E-state index is 13.6. The number of benzene rings is 1. The van der Waals surface area contributed by atoms with Crippen LogP contribution in [0.3, 0.4) is 0 Å². The average molecular weight is 389 g/mol. The predicted octanol–water partition coefficient (Wildman–Crippen LogP) is 4.69. The Morgan fingerprint density at radius 1 is 1.37 bits per heavy atom. The molecule has 0 unspecified atom stereocenters. The zero-order chi connectivity index (χ0) is 19.2. The first-order chi connectivity index (χ1) is 13.1. The molecule has 1 aromatic carbocycles. The van der Waals surface area contributed by atoms with E-state index in [1.54, 1.807) is 19.1 Å². The van der Waals surface area contributed by atoms with Gasteiger partial charge in [0.2, 0.25) is 5.91 Å². The van der Waals surface area contributed by atoms with E-state index in [1.165, 1.54) is 37.1 Å². The number of carbonyl (C=O) groups is 1. The fraction of sp³-hybridized carbons (Fsp3) is 0.450. The summed E-state index contributed by atoms with van der Waals surface area (Å²) >= 11 is 1.34. The Balaban J connectivity index is 1.64. The SMILES string of the molecule is C=CCn1c(SCC(=O)Nc2ccc(C)c(F)c2)nnc1C1CCCCC1. The van der Waals surface area contributed by atoms with Crippen molar-refractivity contribution in [2.24, 2.45) is 0 Å². The molecule has 0 atom stereocenters. The quantitative estimate of drug-likeness (QED) is 0.552. The van der Waals surface area contributed by atoms with Crippen LogP contribution in [0.1, 0.15) is 49.4 Å². The fourth-order valence-electron chi connectivity index (χ4n) is 3.37. The van der Waals surface area contributed by atoms with Crippen molar-refractivity contribution < 1.29 is 9.18 Å². The molecule has 7 heteroatoms. The number of hydrogen-bond acceptors (Lipinski definition) is 4. The Labute approximate surface area is 163 Å². The van der Waals surface area contributed by atoms with E-state index in [2.05, 4.69) is 26.7 Å². The Hall–Kier alpha value is -2.15. The van der Waals surface area contributed by atoms with Gasteiger partial charge in [-0.3, -0.25) is 4.79 Å². The smallest absolute Gasteiger partial charge is 0.234 e. The van der Waals surface area contributed by atoms with Gasteiger partial charge in [0.15, 0.2) is 5.16 Å². The normalized spacial score (nSPS) is 14.9. The molecular weight excluding hydrogens is 363 g/mol. The third kappa shape index (κ3) is 4.97. The molecule has 1 heterocycles. The number of aromatic nitrogens is 3.